The molecule has 0 saturated heterocycles. The van der Waals surface area contributed by atoms with Gasteiger partial charge in [-0.3, -0.25) is 9.59 Å². The van der Waals surface area contributed by atoms with Crippen molar-refractivity contribution in [1.29, 1.82) is 5.26 Å². The van der Waals surface area contributed by atoms with Crippen LogP contribution in [0.4, 0.5) is 0 Å². The molecule has 0 aromatic heterocycles. The highest BCUT2D eigenvalue weighted by Gasteiger charge is 2.45. The summed E-state index contributed by atoms with van der Waals surface area (Å²) >= 11 is 0. The first kappa shape index (κ1) is 14.0. The van der Waals surface area contributed by atoms with E-state index >= 15 is 0 Å². The first-order valence-corrected chi connectivity index (χ1v) is 5.67. The molecule has 1 N–H and O–H groups in total. The van der Waals surface area contributed by atoms with Crippen molar-refractivity contribution in [3.8, 4) is 6.07 Å². The Bertz CT molecular complexity index is 424. The van der Waals surface area contributed by atoms with E-state index in [1.165, 1.54) is 13.0 Å². The molecular weight excluding hydrogens is 236 g/mol. The molecule has 1 aliphatic heterocycles. The van der Waals surface area contributed by atoms with Crippen molar-refractivity contribution in [3.63, 3.8) is 0 Å². The number of allylic oxidation sites excluding steroid dienone is 2. The zero-order chi connectivity index (χ0) is 13.8. The van der Waals surface area contributed by atoms with E-state index in [1.54, 1.807) is 13.8 Å². The molecule has 1 aliphatic rings. The fraction of sp³-hybridized carbons (Fsp3) is 0.583. The molecule has 0 saturated carbocycles. The van der Waals surface area contributed by atoms with Gasteiger partial charge < -0.3 is 14.8 Å². The van der Waals surface area contributed by atoms with Gasteiger partial charge in [0.2, 0.25) is 5.91 Å². The summed E-state index contributed by atoms with van der Waals surface area (Å²) in [7, 11) is 0. The van der Waals surface area contributed by atoms with Crippen molar-refractivity contribution in [2.24, 2.45) is 5.92 Å². The minimum atomic E-state index is -1.25. The maximum absolute atomic E-state index is 11.8. The van der Waals surface area contributed by atoms with Gasteiger partial charge >= 0.3 is 5.97 Å². The van der Waals surface area contributed by atoms with Crippen LogP contribution in [-0.2, 0) is 19.1 Å². The van der Waals surface area contributed by atoms with Gasteiger partial charge in [-0.05, 0) is 26.3 Å². The number of carbonyl (C=O) groups excluding carboxylic acids is 2. The topological polar surface area (TPSA) is 88.4 Å². The molecule has 1 unspecified atom stereocenters. The molecule has 0 fully saturated rings. The van der Waals surface area contributed by atoms with Crippen molar-refractivity contribution >= 4 is 11.9 Å². The van der Waals surface area contributed by atoms with Crippen LogP contribution in [0.1, 0.15) is 27.2 Å². The zero-order valence-corrected chi connectivity index (χ0v) is 10.6. The summed E-state index contributed by atoms with van der Waals surface area (Å²) in [6.07, 6.45) is 1.81. The van der Waals surface area contributed by atoms with Gasteiger partial charge in [-0.15, -0.1) is 0 Å². The van der Waals surface area contributed by atoms with Gasteiger partial charge in [0.15, 0.2) is 11.5 Å². The number of nitriles is 1. The average Bonchev–Trinajstić information content (AvgIpc) is 2.27. The van der Waals surface area contributed by atoms with Crippen molar-refractivity contribution in [1.82, 2.24) is 5.32 Å². The van der Waals surface area contributed by atoms with Crippen molar-refractivity contribution in [2.75, 3.05) is 6.61 Å². The van der Waals surface area contributed by atoms with Gasteiger partial charge in [-0.1, -0.05) is 0 Å². The molecule has 0 aromatic carbocycles. The minimum absolute atomic E-state index is 0.0896. The Hall–Kier alpha value is -2.03. The number of nitrogens with one attached hydrogen (secondary N) is 1. The molecule has 6 nitrogen and oxygen atoms in total. The van der Waals surface area contributed by atoms with Crippen molar-refractivity contribution in [2.45, 2.75) is 32.9 Å². The fourth-order valence-corrected chi connectivity index (χ4v) is 1.89. The van der Waals surface area contributed by atoms with Crippen LogP contribution >= 0.6 is 0 Å². The largest absolute Gasteiger partial charge is 0.466 e. The number of carbonyl (C=O) groups is 2. The number of ether oxygens (including phenoxy) is 2. The quantitative estimate of drug-likeness (QED) is 0.752. The summed E-state index contributed by atoms with van der Waals surface area (Å²) in [5.74, 6) is -1.38. The molecule has 1 amide bonds. The Morgan fingerprint density at radius 3 is 2.89 bits per heavy atom. The van der Waals surface area contributed by atoms with Crippen LogP contribution in [0.5, 0.6) is 0 Å². The summed E-state index contributed by atoms with van der Waals surface area (Å²) in [5.41, 5.74) is -1.25. The van der Waals surface area contributed by atoms with Crippen LogP contribution in [0.2, 0.25) is 0 Å². The number of rotatable bonds is 3. The maximum atomic E-state index is 11.8. The third-order valence-electron chi connectivity index (χ3n) is 2.63. The van der Waals surface area contributed by atoms with E-state index in [4.69, 9.17) is 14.7 Å². The minimum Gasteiger partial charge on any atom is -0.466 e. The number of amides is 1. The van der Waals surface area contributed by atoms with Crippen LogP contribution < -0.4 is 5.32 Å². The van der Waals surface area contributed by atoms with Crippen LogP contribution in [0.15, 0.2) is 11.8 Å². The average molecular weight is 252 g/mol. The normalized spacial score (nSPS) is 26.3. The molecule has 0 spiro atoms. The van der Waals surface area contributed by atoms with Gasteiger partial charge in [0.05, 0.1) is 6.61 Å². The van der Waals surface area contributed by atoms with Gasteiger partial charge in [-0.2, -0.15) is 5.26 Å². The first-order chi connectivity index (χ1) is 8.42. The van der Waals surface area contributed by atoms with Gasteiger partial charge in [-0.25, -0.2) is 0 Å². The molecule has 98 valence electrons. The molecule has 0 radical (unpaired) electrons. The Labute approximate surface area is 106 Å². The second-order valence-electron chi connectivity index (χ2n) is 4.11. The molecule has 0 aliphatic carbocycles. The number of hydrogen-bond donors (Lipinski definition) is 1. The highest BCUT2D eigenvalue weighted by atomic mass is 16.5. The van der Waals surface area contributed by atoms with E-state index in [9.17, 15) is 9.59 Å². The molecule has 1 heterocycles. The van der Waals surface area contributed by atoms with E-state index in [1.807, 2.05) is 6.07 Å². The number of esters is 1. The highest BCUT2D eigenvalue weighted by Crippen LogP contribution is 2.31. The molecular formula is C12H16N2O4. The number of hydrogen-bond acceptors (Lipinski definition) is 5. The van der Waals surface area contributed by atoms with E-state index in [2.05, 4.69) is 5.32 Å². The summed E-state index contributed by atoms with van der Waals surface area (Å²) in [4.78, 5) is 23.0. The molecule has 6 heteroatoms. The lowest BCUT2D eigenvalue weighted by Crippen LogP contribution is -2.56. The predicted octanol–water partition coefficient (Wildman–Crippen LogP) is 0.846. The van der Waals surface area contributed by atoms with Gasteiger partial charge in [0.1, 0.15) is 12.0 Å². The summed E-state index contributed by atoms with van der Waals surface area (Å²) in [6.45, 7) is 4.83. The molecule has 0 aromatic rings. The fourth-order valence-electron chi connectivity index (χ4n) is 1.89. The van der Waals surface area contributed by atoms with Gasteiger partial charge in [0.25, 0.3) is 0 Å². The lowest BCUT2D eigenvalue weighted by molar-refractivity contribution is -0.164. The second-order valence-corrected chi connectivity index (χ2v) is 4.11. The van der Waals surface area contributed by atoms with E-state index in [0.717, 1.165) is 0 Å². The van der Waals surface area contributed by atoms with Gasteiger partial charge in [0, 0.05) is 6.92 Å². The molecule has 2 atom stereocenters. The Morgan fingerprint density at radius 1 is 1.72 bits per heavy atom. The van der Waals surface area contributed by atoms with Crippen molar-refractivity contribution < 1.29 is 19.1 Å². The summed E-state index contributed by atoms with van der Waals surface area (Å²) in [5, 5.41) is 11.4. The highest BCUT2D eigenvalue weighted by molar-refractivity contribution is 5.78. The number of nitrogens with zero attached hydrogens (tertiary/aromatic N) is 1. The Morgan fingerprint density at radius 2 is 2.39 bits per heavy atom. The van der Waals surface area contributed by atoms with Crippen LogP contribution in [0.25, 0.3) is 0 Å². The maximum Gasteiger partial charge on any atom is 0.315 e. The van der Waals surface area contributed by atoms with E-state index in [0.29, 0.717) is 6.42 Å². The summed E-state index contributed by atoms with van der Waals surface area (Å²) < 4.78 is 10.3. The van der Waals surface area contributed by atoms with Crippen molar-refractivity contribution in [3.05, 3.63) is 11.8 Å². The molecule has 1 rings (SSSR count). The predicted molar refractivity (Wildman–Crippen MR) is 61.7 cm³/mol. The van der Waals surface area contributed by atoms with E-state index in [-0.39, 0.29) is 18.3 Å². The Kier molecular flexibility index (Phi) is 4.32. The molecule has 0 bridgehead atoms. The smallest absolute Gasteiger partial charge is 0.315 e. The monoisotopic (exact) mass is 252 g/mol. The lowest BCUT2D eigenvalue weighted by atomic mass is 9.90. The zero-order valence-electron chi connectivity index (χ0n) is 10.6. The van der Waals surface area contributed by atoms with E-state index < -0.39 is 17.6 Å². The van der Waals surface area contributed by atoms with Crippen LogP contribution in [-0.4, -0.2) is 24.2 Å². The van der Waals surface area contributed by atoms with Crippen LogP contribution in [0, 0.1) is 17.2 Å². The third-order valence-corrected chi connectivity index (χ3v) is 2.63. The first-order valence-electron chi connectivity index (χ1n) is 5.67. The lowest BCUT2D eigenvalue weighted by Gasteiger charge is -2.38. The van der Waals surface area contributed by atoms with Crippen LogP contribution in [0.3, 0.4) is 0 Å². The SMILES string of the molecule is CCOC(=O)C1CC=C(C#N)O[C@@]1(C)NC(C)=O. The second kappa shape index (κ2) is 5.54. The Balaban J connectivity index is 2.99. The standard InChI is InChI=1S/C12H16N2O4/c1-4-17-11(16)10-6-5-9(7-13)18-12(10,3)14-8(2)15/h5,10H,4,6H2,1-3H3,(H,14,15)/t10?,12-/m1/s1. The molecule has 18 heavy (non-hydrogen) atoms. The third kappa shape index (κ3) is 3.00. The summed E-state index contributed by atoms with van der Waals surface area (Å²) in [6, 6.07) is 1.86.